The quantitative estimate of drug-likeness (QED) is 0.448. The highest BCUT2D eigenvalue weighted by molar-refractivity contribution is 5.85. The zero-order valence-corrected chi connectivity index (χ0v) is 12.3. The summed E-state index contributed by atoms with van der Waals surface area (Å²) in [5.74, 6) is 0.553. The Labute approximate surface area is 118 Å². The van der Waals surface area contributed by atoms with Crippen molar-refractivity contribution in [2.24, 2.45) is 11.0 Å². The van der Waals surface area contributed by atoms with E-state index in [0.717, 1.165) is 0 Å². The number of azide groups is 1. The Morgan fingerprint density at radius 1 is 1.50 bits per heavy atom. The number of hydrogen-bond donors (Lipinski definition) is 1. The summed E-state index contributed by atoms with van der Waals surface area (Å²) in [5.41, 5.74) is 8.83. The maximum atomic E-state index is 12.2. The SMILES string of the molecule is CC(C)N[C@@H](Cc1nc(CN=[N+]=[N-])co1)C(=O)C(C)C. The highest BCUT2D eigenvalue weighted by Crippen LogP contribution is 2.10. The van der Waals surface area contributed by atoms with Gasteiger partial charge >= 0.3 is 0 Å². The minimum absolute atomic E-state index is 0.0520. The summed E-state index contributed by atoms with van der Waals surface area (Å²) in [4.78, 5) is 19.0. The molecule has 1 atom stereocenters. The van der Waals surface area contributed by atoms with Crippen molar-refractivity contribution in [2.75, 3.05) is 0 Å². The molecule has 0 saturated carbocycles. The number of hydrogen-bond acceptors (Lipinski definition) is 5. The van der Waals surface area contributed by atoms with Gasteiger partial charge in [-0.2, -0.15) is 0 Å². The van der Waals surface area contributed by atoms with Crippen LogP contribution in [-0.2, 0) is 17.8 Å². The van der Waals surface area contributed by atoms with Gasteiger partial charge in [0, 0.05) is 23.3 Å². The molecule has 0 amide bonds. The van der Waals surface area contributed by atoms with Crippen LogP contribution in [0.15, 0.2) is 15.8 Å². The standard InChI is InChI=1S/C13H21N5O2/c1-8(2)13(19)11(16-9(3)4)5-12-17-10(7-20-12)6-15-18-14/h7-9,11,16H,5-6H2,1-4H3/t11-/m0/s1. The van der Waals surface area contributed by atoms with Gasteiger partial charge in [-0.25, -0.2) is 4.98 Å². The molecule has 1 rings (SSSR count). The molecule has 110 valence electrons. The highest BCUT2D eigenvalue weighted by atomic mass is 16.3. The fraction of sp³-hybridized carbons (Fsp3) is 0.692. The van der Waals surface area contributed by atoms with Crippen LogP contribution in [0.25, 0.3) is 10.4 Å². The van der Waals surface area contributed by atoms with Crippen molar-refractivity contribution in [1.82, 2.24) is 10.3 Å². The number of aromatic nitrogens is 1. The lowest BCUT2D eigenvalue weighted by Gasteiger charge is -2.20. The summed E-state index contributed by atoms with van der Waals surface area (Å²) < 4.78 is 5.32. The minimum Gasteiger partial charge on any atom is -0.449 e. The Kier molecular flexibility index (Phi) is 6.21. The van der Waals surface area contributed by atoms with Crippen LogP contribution in [0.2, 0.25) is 0 Å². The van der Waals surface area contributed by atoms with Gasteiger partial charge in [0.2, 0.25) is 0 Å². The Morgan fingerprint density at radius 3 is 2.75 bits per heavy atom. The lowest BCUT2D eigenvalue weighted by molar-refractivity contribution is -0.124. The second-order valence-electron chi connectivity index (χ2n) is 5.26. The van der Waals surface area contributed by atoms with Crippen LogP contribution in [0.1, 0.15) is 39.3 Å². The predicted octanol–water partition coefficient (Wildman–Crippen LogP) is 2.62. The predicted molar refractivity (Wildman–Crippen MR) is 75.0 cm³/mol. The van der Waals surface area contributed by atoms with Crippen molar-refractivity contribution >= 4 is 5.78 Å². The number of ketones is 1. The topological polar surface area (TPSA) is 104 Å². The second-order valence-corrected chi connectivity index (χ2v) is 5.26. The zero-order valence-electron chi connectivity index (χ0n) is 12.3. The van der Waals surface area contributed by atoms with E-state index in [0.29, 0.717) is 18.0 Å². The molecule has 1 N–H and O–H groups in total. The first-order valence-electron chi connectivity index (χ1n) is 6.68. The molecule has 0 spiro atoms. The van der Waals surface area contributed by atoms with Crippen molar-refractivity contribution < 1.29 is 9.21 Å². The van der Waals surface area contributed by atoms with E-state index < -0.39 is 0 Å². The van der Waals surface area contributed by atoms with Gasteiger partial charge in [0.1, 0.15) is 6.26 Å². The maximum Gasteiger partial charge on any atom is 0.196 e. The fourth-order valence-corrected chi connectivity index (χ4v) is 1.84. The van der Waals surface area contributed by atoms with E-state index >= 15 is 0 Å². The first-order valence-corrected chi connectivity index (χ1v) is 6.68. The molecule has 0 saturated heterocycles. The van der Waals surface area contributed by atoms with Gasteiger partial charge in [-0.3, -0.25) is 4.79 Å². The number of nitrogens with zero attached hydrogens (tertiary/aromatic N) is 4. The third-order valence-electron chi connectivity index (χ3n) is 2.72. The molecule has 7 nitrogen and oxygen atoms in total. The number of oxazole rings is 1. The van der Waals surface area contributed by atoms with Gasteiger partial charge in [-0.15, -0.1) is 0 Å². The van der Waals surface area contributed by atoms with E-state index in [1.165, 1.54) is 6.26 Å². The summed E-state index contributed by atoms with van der Waals surface area (Å²) in [7, 11) is 0. The summed E-state index contributed by atoms with van der Waals surface area (Å²) >= 11 is 0. The molecular weight excluding hydrogens is 258 g/mol. The van der Waals surface area contributed by atoms with Crippen molar-refractivity contribution in [3.63, 3.8) is 0 Å². The van der Waals surface area contributed by atoms with Crippen molar-refractivity contribution in [3.05, 3.63) is 28.3 Å². The van der Waals surface area contributed by atoms with Crippen LogP contribution >= 0.6 is 0 Å². The molecule has 1 heterocycles. The fourth-order valence-electron chi connectivity index (χ4n) is 1.84. The number of rotatable bonds is 8. The molecule has 0 fully saturated rings. The molecule has 0 aliphatic heterocycles. The van der Waals surface area contributed by atoms with Gasteiger partial charge in [0.05, 0.1) is 18.3 Å². The van der Waals surface area contributed by atoms with E-state index in [9.17, 15) is 4.79 Å². The van der Waals surface area contributed by atoms with E-state index in [2.05, 4.69) is 20.3 Å². The summed E-state index contributed by atoms with van der Waals surface area (Å²) in [6.07, 6.45) is 1.85. The minimum atomic E-state index is -0.319. The molecule has 0 radical (unpaired) electrons. The van der Waals surface area contributed by atoms with E-state index in [1.807, 2.05) is 27.7 Å². The largest absolute Gasteiger partial charge is 0.449 e. The maximum absolute atomic E-state index is 12.2. The summed E-state index contributed by atoms with van der Waals surface area (Å²) in [6.45, 7) is 7.88. The third kappa shape index (κ3) is 5.03. The lowest BCUT2D eigenvalue weighted by Crippen LogP contribution is -2.44. The molecule has 1 aromatic rings. The molecule has 0 bridgehead atoms. The van der Waals surface area contributed by atoms with Gasteiger partial charge < -0.3 is 9.73 Å². The van der Waals surface area contributed by atoms with Crippen LogP contribution in [0.4, 0.5) is 0 Å². The summed E-state index contributed by atoms with van der Waals surface area (Å²) in [6, 6.07) is -0.124. The molecule has 0 aromatic carbocycles. The molecule has 0 aliphatic rings. The molecule has 0 unspecified atom stereocenters. The van der Waals surface area contributed by atoms with Gasteiger partial charge in [0.15, 0.2) is 11.7 Å². The first-order chi connectivity index (χ1) is 9.43. The summed E-state index contributed by atoms with van der Waals surface area (Å²) in [5, 5.41) is 6.65. The van der Waals surface area contributed by atoms with E-state index in [-0.39, 0.29) is 30.3 Å². The zero-order chi connectivity index (χ0) is 15.1. The lowest BCUT2D eigenvalue weighted by atomic mass is 9.98. The van der Waals surface area contributed by atoms with Gasteiger partial charge in [0.25, 0.3) is 0 Å². The molecule has 20 heavy (non-hydrogen) atoms. The van der Waals surface area contributed by atoms with Gasteiger partial charge in [-0.1, -0.05) is 32.8 Å². The number of Topliss-reactive ketones (excluding diaryl/α,β-unsaturated/α-hetero) is 1. The number of carbonyl (C=O) groups excluding carboxylic acids is 1. The Balaban J connectivity index is 2.75. The average Bonchev–Trinajstić information content (AvgIpc) is 2.81. The van der Waals surface area contributed by atoms with E-state index in [4.69, 9.17) is 9.95 Å². The van der Waals surface area contributed by atoms with Crippen LogP contribution in [-0.4, -0.2) is 22.9 Å². The van der Waals surface area contributed by atoms with Crippen LogP contribution < -0.4 is 5.32 Å². The first kappa shape index (κ1) is 16.2. The van der Waals surface area contributed by atoms with Crippen LogP contribution in [0.5, 0.6) is 0 Å². The van der Waals surface area contributed by atoms with Crippen molar-refractivity contribution in [3.8, 4) is 0 Å². The molecule has 1 aromatic heterocycles. The second kappa shape index (κ2) is 7.67. The van der Waals surface area contributed by atoms with Crippen molar-refractivity contribution in [2.45, 2.75) is 52.7 Å². The molecule has 0 aliphatic carbocycles. The number of carbonyl (C=O) groups is 1. The van der Waals surface area contributed by atoms with Gasteiger partial charge in [-0.05, 0) is 5.53 Å². The smallest absolute Gasteiger partial charge is 0.196 e. The van der Waals surface area contributed by atoms with Crippen LogP contribution in [0, 0.1) is 5.92 Å². The van der Waals surface area contributed by atoms with E-state index in [1.54, 1.807) is 0 Å². The monoisotopic (exact) mass is 279 g/mol. The van der Waals surface area contributed by atoms with Crippen LogP contribution in [0.3, 0.4) is 0 Å². The third-order valence-corrected chi connectivity index (χ3v) is 2.72. The Hall–Kier alpha value is -1.85. The number of nitrogens with one attached hydrogen (secondary N) is 1. The molecule has 7 heteroatoms. The Bertz CT molecular complexity index is 489. The molecular formula is C13H21N5O2. The highest BCUT2D eigenvalue weighted by Gasteiger charge is 2.24. The average molecular weight is 279 g/mol. The van der Waals surface area contributed by atoms with Crippen molar-refractivity contribution in [1.29, 1.82) is 0 Å². The Morgan fingerprint density at radius 2 is 2.20 bits per heavy atom. The normalized spacial score (nSPS) is 12.5.